The molecule has 3 aromatic rings. The largest absolute Gasteiger partial charge is 0.352 e. The van der Waals surface area contributed by atoms with Crippen LogP contribution in [0.15, 0.2) is 52.4 Å². The first-order chi connectivity index (χ1) is 14.7. The van der Waals surface area contributed by atoms with E-state index in [4.69, 9.17) is 28.2 Å². The molecule has 0 spiro atoms. The molecule has 0 aliphatic heterocycles. The minimum absolute atomic E-state index is 0.0413. The van der Waals surface area contributed by atoms with Gasteiger partial charge < -0.3 is 5.32 Å². The molecule has 164 valence electrons. The van der Waals surface area contributed by atoms with E-state index >= 15 is 0 Å². The zero-order valence-corrected chi connectivity index (χ0v) is 20.2. The summed E-state index contributed by atoms with van der Waals surface area (Å²) in [6, 6.07) is 12.1. The van der Waals surface area contributed by atoms with Crippen LogP contribution in [0.3, 0.4) is 0 Å². The van der Waals surface area contributed by atoms with Crippen molar-refractivity contribution in [1.82, 2.24) is 14.9 Å². The summed E-state index contributed by atoms with van der Waals surface area (Å²) in [5.74, 6) is 0.237. The van der Waals surface area contributed by atoms with Crippen LogP contribution in [-0.4, -0.2) is 26.8 Å². The van der Waals surface area contributed by atoms with Crippen LogP contribution in [-0.2, 0) is 4.79 Å². The van der Waals surface area contributed by atoms with Gasteiger partial charge >= 0.3 is 0 Å². The van der Waals surface area contributed by atoms with E-state index in [0.29, 0.717) is 44.1 Å². The molecule has 3 rings (SSSR count). The zero-order valence-electron chi connectivity index (χ0n) is 17.9. The summed E-state index contributed by atoms with van der Waals surface area (Å²) in [6.07, 6.45) is 0.582. The molecule has 8 heteroatoms. The van der Waals surface area contributed by atoms with Crippen molar-refractivity contribution in [2.24, 2.45) is 5.92 Å². The maximum absolute atomic E-state index is 13.4. The number of carbonyl (C=O) groups is 1. The molecule has 0 saturated heterocycles. The van der Waals surface area contributed by atoms with Gasteiger partial charge in [0.05, 0.1) is 26.9 Å². The molecular formula is C23H25Cl2N3O2S. The number of para-hydroxylation sites is 1. The first kappa shape index (κ1) is 23.6. The van der Waals surface area contributed by atoms with Crippen LogP contribution in [0.5, 0.6) is 0 Å². The minimum atomic E-state index is -0.411. The Kier molecular flexibility index (Phi) is 7.68. The number of thioether (sulfide) groups is 1. The van der Waals surface area contributed by atoms with Crippen molar-refractivity contribution in [2.75, 3.05) is 0 Å². The number of amides is 1. The molecule has 5 nitrogen and oxygen atoms in total. The van der Waals surface area contributed by atoms with Crippen molar-refractivity contribution in [1.29, 1.82) is 0 Å². The van der Waals surface area contributed by atoms with Crippen LogP contribution in [0.25, 0.3) is 16.6 Å². The van der Waals surface area contributed by atoms with Gasteiger partial charge in [0.2, 0.25) is 5.91 Å². The van der Waals surface area contributed by atoms with Gasteiger partial charge in [-0.1, -0.05) is 67.9 Å². The predicted octanol–water partition coefficient (Wildman–Crippen LogP) is 5.72. The van der Waals surface area contributed by atoms with Crippen LogP contribution in [0.1, 0.15) is 34.1 Å². The van der Waals surface area contributed by atoms with Gasteiger partial charge in [-0.05, 0) is 49.6 Å². The molecule has 2 unspecified atom stereocenters. The van der Waals surface area contributed by atoms with Crippen LogP contribution >= 0.6 is 35.0 Å². The summed E-state index contributed by atoms with van der Waals surface area (Å²) in [6.45, 7) is 8.04. The van der Waals surface area contributed by atoms with Crippen LogP contribution in [0.4, 0.5) is 0 Å². The second kappa shape index (κ2) is 10.1. The van der Waals surface area contributed by atoms with Gasteiger partial charge in [-0.3, -0.25) is 14.2 Å². The smallest absolute Gasteiger partial charge is 0.266 e. The fourth-order valence-corrected chi connectivity index (χ4v) is 4.53. The average molecular weight is 478 g/mol. The summed E-state index contributed by atoms with van der Waals surface area (Å²) < 4.78 is 1.47. The summed E-state index contributed by atoms with van der Waals surface area (Å²) in [7, 11) is 0. The number of halogens is 2. The van der Waals surface area contributed by atoms with Crippen molar-refractivity contribution < 1.29 is 4.79 Å². The molecule has 2 atom stereocenters. The van der Waals surface area contributed by atoms with E-state index in [-0.39, 0.29) is 17.5 Å². The minimum Gasteiger partial charge on any atom is -0.352 e. The number of rotatable bonds is 7. The van der Waals surface area contributed by atoms with E-state index in [1.165, 1.54) is 16.3 Å². The molecule has 1 N–H and O–H groups in total. The van der Waals surface area contributed by atoms with Gasteiger partial charge in [0, 0.05) is 11.1 Å². The normalized spacial score (nSPS) is 13.4. The Labute approximate surface area is 196 Å². The summed E-state index contributed by atoms with van der Waals surface area (Å²) >= 11 is 13.8. The molecule has 1 amide bonds. The number of hydrogen-bond acceptors (Lipinski definition) is 4. The molecule has 1 heterocycles. The van der Waals surface area contributed by atoms with Gasteiger partial charge in [-0.25, -0.2) is 4.98 Å². The van der Waals surface area contributed by atoms with Gasteiger partial charge in [0.25, 0.3) is 5.56 Å². The molecule has 0 radical (unpaired) electrons. The van der Waals surface area contributed by atoms with Crippen molar-refractivity contribution >= 4 is 51.8 Å². The molecular weight excluding hydrogens is 453 g/mol. The predicted molar refractivity (Wildman–Crippen MR) is 130 cm³/mol. The molecule has 0 aliphatic carbocycles. The lowest BCUT2D eigenvalue weighted by Crippen LogP contribution is -2.41. The number of carbonyl (C=O) groups excluding carboxylic acids is 1. The van der Waals surface area contributed by atoms with E-state index in [0.717, 1.165) is 0 Å². The van der Waals surface area contributed by atoms with Crippen molar-refractivity contribution in [3.05, 3.63) is 62.9 Å². The maximum atomic E-state index is 13.4. The zero-order chi connectivity index (χ0) is 22.7. The number of hydrogen-bond donors (Lipinski definition) is 1. The molecule has 0 bridgehead atoms. The van der Waals surface area contributed by atoms with Gasteiger partial charge in [0.15, 0.2) is 5.16 Å². The molecule has 31 heavy (non-hydrogen) atoms. The van der Waals surface area contributed by atoms with Gasteiger partial charge in [-0.2, -0.15) is 0 Å². The highest BCUT2D eigenvalue weighted by atomic mass is 35.5. The molecule has 0 aliphatic rings. The van der Waals surface area contributed by atoms with E-state index < -0.39 is 5.25 Å². The molecule has 2 aromatic carbocycles. The topological polar surface area (TPSA) is 64.0 Å². The van der Waals surface area contributed by atoms with Crippen molar-refractivity contribution in [2.45, 2.75) is 50.6 Å². The lowest BCUT2D eigenvalue weighted by atomic mass is 10.1. The number of fused-ring (bicyclic) bond motifs is 1. The van der Waals surface area contributed by atoms with E-state index in [2.05, 4.69) is 19.2 Å². The lowest BCUT2D eigenvalue weighted by Gasteiger charge is -2.22. The number of nitrogens with one attached hydrogen (secondary N) is 1. The number of nitrogens with zero attached hydrogens (tertiary/aromatic N) is 2. The highest BCUT2D eigenvalue weighted by molar-refractivity contribution is 8.00. The van der Waals surface area contributed by atoms with Crippen molar-refractivity contribution in [3.63, 3.8) is 0 Å². The highest BCUT2D eigenvalue weighted by Crippen LogP contribution is 2.30. The molecule has 0 saturated carbocycles. The third kappa shape index (κ3) is 5.25. The third-order valence-corrected chi connectivity index (χ3v) is 7.03. The first-order valence-electron chi connectivity index (χ1n) is 10.2. The van der Waals surface area contributed by atoms with E-state index in [9.17, 15) is 9.59 Å². The summed E-state index contributed by atoms with van der Waals surface area (Å²) in [4.78, 5) is 31.0. The first-order valence-corrected chi connectivity index (χ1v) is 11.8. The second-order valence-electron chi connectivity index (χ2n) is 7.70. The lowest BCUT2D eigenvalue weighted by molar-refractivity contribution is -0.121. The summed E-state index contributed by atoms with van der Waals surface area (Å²) in [5, 5.41) is 4.34. The van der Waals surface area contributed by atoms with E-state index in [1.54, 1.807) is 36.4 Å². The third-order valence-electron chi connectivity index (χ3n) is 5.18. The highest BCUT2D eigenvalue weighted by Gasteiger charge is 2.24. The van der Waals surface area contributed by atoms with Gasteiger partial charge in [-0.15, -0.1) is 0 Å². The SMILES string of the molecule is CCC(Sc1nc2ccccc2c(=O)n1-c1ccc(Cl)cc1Cl)C(=O)NC(C)C(C)C. The Morgan fingerprint density at radius 2 is 1.87 bits per heavy atom. The number of benzene rings is 2. The maximum Gasteiger partial charge on any atom is 0.266 e. The second-order valence-corrected chi connectivity index (χ2v) is 9.72. The fraction of sp³-hybridized carbons (Fsp3) is 0.348. The monoisotopic (exact) mass is 477 g/mol. The van der Waals surface area contributed by atoms with Crippen LogP contribution < -0.4 is 10.9 Å². The van der Waals surface area contributed by atoms with Crippen LogP contribution in [0.2, 0.25) is 10.0 Å². The average Bonchev–Trinajstić information content (AvgIpc) is 2.73. The quantitative estimate of drug-likeness (QED) is 0.348. The Hall–Kier alpha value is -2.02. The van der Waals surface area contributed by atoms with E-state index in [1.807, 2.05) is 19.9 Å². The summed E-state index contributed by atoms with van der Waals surface area (Å²) in [5.41, 5.74) is 0.799. The Balaban J connectivity index is 2.12. The molecule has 1 aromatic heterocycles. The Morgan fingerprint density at radius 1 is 1.16 bits per heavy atom. The standard InChI is InChI=1S/C23H25Cl2N3O2S/c1-5-20(21(29)26-14(4)13(2)3)31-23-27-18-9-7-6-8-16(18)22(30)28(23)19-11-10-15(24)12-17(19)25/h6-14,20H,5H2,1-4H3,(H,26,29). The Bertz CT molecular complexity index is 1160. The van der Waals surface area contributed by atoms with Gasteiger partial charge in [0.1, 0.15) is 0 Å². The fourth-order valence-electron chi connectivity index (χ4n) is 3.00. The molecule has 0 fully saturated rings. The van der Waals surface area contributed by atoms with Crippen molar-refractivity contribution in [3.8, 4) is 5.69 Å². The number of aromatic nitrogens is 2. The Morgan fingerprint density at radius 3 is 2.52 bits per heavy atom. The van der Waals surface area contributed by atoms with Crippen LogP contribution in [0, 0.1) is 5.92 Å².